The van der Waals surface area contributed by atoms with Gasteiger partial charge < -0.3 is 20.3 Å². The molecule has 0 saturated heterocycles. The molecular weight excluding hydrogens is 333 g/mol. The lowest BCUT2D eigenvalue weighted by molar-refractivity contribution is -0.139. The zero-order valence-electron chi connectivity index (χ0n) is 12.8. The van der Waals surface area contributed by atoms with Crippen LogP contribution in [0.4, 0.5) is 4.39 Å². The van der Waals surface area contributed by atoms with Crippen LogP contribution in [0.15, 0.2) is 35.7 Å². The van der Waals surface area contributed by atoms with Gasteiger partial charge in [-0.1, -0.05) is 18.2 Å². The molecule has 2 rings (SSSR count). The summed E-state index contributed by atoms with van der Waals surface area (Å²) in [5.41, 5.74) is 1.61. The monoisotopic (exact) mass is 351 g/mol. The fraction of sp³-hybridized carbons (Fsp3) is 0.294. The van der Waals surface area contributed by atoms with Gasteiger partial charge in [0.05, 0.1) is 0 Å². The van der Waals surface area contributed by atoms with Gasteiger partial charge in [-0.15, -0.1) is 11.3 Å². The fourth-order valence-corrected chi connectivity index (χ4v) is 3.05. The standard InChI is InChI=1S/C17H18FNO4S/c18-14-4-2-1-3-12(14)7-11-8-13(24-10-11)5-6-19-17(23)16(22)15(21)9-20/h1-4,8-10,15-16,21-22H,5-7H2,(H,19,23). The van der Waals surface area contributed by atoms with Crippen molar-refractivity contribution >= 4 is 23.5 Å². The van der Waals surface area contributed by atoms with E-state index in [4.69, 9.17) is 5.11 Å². The van der Waals surface area contributed by atoms with E-state index in [1.165, 1.54) is 17.4 Å². The molecule has 0 spiro atoms. The molecule has 128 valence electrons. The lowest BCUT2D eigenvalue weighted by atomic mass is 10.1. The number of halogens is 1. The number of amides is 1. The van der Waals surface area contributed by atoms with Gasteiger partial charge in [0.25, 0.3) is 5.91 Å². The third-order valence-electron chi connectivity index (χ3n) is 3.46. The SMILES string of the molecule is O=CC(O)C(O)C(=O)NCCc1cc(Cc2ccccc2F)cs1. The van der Waals surface area contributed by atoms with Gasteiger partial charge in [-0.3, -0.25) is 4.79 Å². The molecule has 2 atom stereocenters. The van der Waals surface area contributed by atoms with Crippen molar-refractivity contribution in [2.24, 2.45) is 0 Å². The molecule has 1 amide bonds. The summed E-state index contributed by atoms with van der Waals surface area (Å²) in [5, 5.41) is 22.8. The molecule has 1 heterocycles. The number of carbonyl (C=O) groups excluding carboxylic acids is 2. The van der Waals surface area contributed by atoms with Crippen molar-refractivity contribution in [2.45, 2.75) is 25.0 Å². The van der Waals surface area contributed by atoms with Crippen molar-refractivity contribution < 1.29 is 24.2 Å². The number of hydrogen-bond donors (Lipinski definition) is 3. The first-order valence-corrected chi connectivity index (χ1v) is 8.28. The topological polar surface area (TPSA) is 86.6 Å². The van der Waals surface area contributed by atoms with Gasteiger partial charge in [-0.05, 0) is 35.1 Å². The van der Waals surface area contributed by atoms with Crippen molar-refractivity contribution in [3.63, 3.8) is 0 Å². The van der Waals surface area contributed by atoms with Crippen LogP contribution in [0.3, 0.4) is 0 Å². The largest absolute Gasteiger partial charge is 0.382 e. The second kappa shape index (κ2) is 8.68. The molecular formula is C17H18FNO4S. The van der Waals surface area contributed by atoms with E-state index in [9.17, 15) is 19.1 Å². The molecule has 5 nitrogen and oxygen atoms in total. The Kier molecular flexibility index (Phi) is 6.60. The van der Waals surface area contributed by atoms with E-state index in [-0.39, 0.29) is 18.6 Å². The Balaban J connectivity index is 1.83. The predicted octanol–water partition coefficient (Wildman–Crippen LogP) is 1.06. The average molecular weight is 351 g/mol. The van der Waals surface area contributed by atoms with E-state index in [2.05, 4.69) is 5.32 Å². The summed E-state index contributed by atoms with van der Waals surface area (Å²) in [6.07, 6.45) is -2.34. The molecule has 0 bridgehead atoms. The first-order chi connectivity index (χ1) is 11.5. The molecule has 3 N–H and O–H groups in total. The quantitative estimate of drug-likeness (QED) is 0.621. The van der Waals surface area contributed by atoms with Crippen molar-refractivity contribution in [3.8, 4) is 0 Å². The molecule has 0 aliphatic heterocycles. The number of aldehydes is 1. The van der Waals surface area contributed by atoms with E-state index < -0.39 is 18.1 Å². The first kappa shape index (κ1) is 18.3. The number of benzene rings is 1. The van der Waals surface area contributed by atoms with Crippen LogP contribution in [-0.2, 0) is 22.4 Å². The predicted molar refractivity (Wildman–Crippen MR) is 88.3 cm³/mol. The fourth-order valence-electron chi connectivity index (χ4n) is 2.15. The van der Waals surface area contributed by atoms with Gasteiger partial charge in [0.2, 0.25) is 0 Å². The van der Waals surface area contributed by atoms with Crippen LogP contribution in [0.5, 0.6) is 0 Å². The maximum Gasteiger partial charge on any atom is 0.252 e. The van der Waals surface area contributed by atoms with Crippen LogP contribution in [0.2, 0.25) is 0 Å². The molecule has 0 fully saturated rings. The minimum absolute atomic E-state index is 0.110. The number of rotatable bonds is 8. The zero-order valence-corrected chi connectivity index (χ0v) is 13.6. The van der Waals surface area contributed by atoms with E-state index in [0.717, 1.165) is 10.4 Å². The number of carbonyl (C=O) groups is 2. The molecule has 2 aromatic rings. The van der Waals surface area contributed by atoms with E-state index in [0.29, 0.717) is 18.4 Å². The maximum atomic E-state index is 13.6. The molecule has 2 unspecified atom stereocenters. The molecule has 0 saturated carbocycles. The van der Waals surface area contributed by atoms with Crippen LogP contribution in [0, 0.1) is 5.82 Å². The molecule has 0 aliphatic rings. The van der Waals surface area contributed by atoms with Crippen LogP contribution < -0.4 is 5.32 Å². The second-order valence-corrected chi connectivity index (χ2v) is 6.30. The highest BCUT2D eigenvalue weighted by atomic mass is 32.1. The third-order valence-corrected chi connectivity index (χ3v) is 4.51. The van der Waals surface area contributed by atoms with Crippen LogP contribution in [0.25, 0.3) is 0 Å². The smallest absolute Gasteiger partial charge is 0.252 e. The van der Waals surface area contributed by atoms with Gasteiger partial charge in [0.15, 0.2) is 12.4 Å². The van der Waals surface area contributed by atoms with Gasteiger partial charge in [-0.25, -0.2) is 4.39 Å². The Morgan fingerprint density at radius 1 is 1.33 bits per heavy atom. The Hall–Kier alpha value is -2.09. The lowest BCUT2D eigenvalue weighted by Gasteiger charge is -2.12. The number of nitrogens with one attached hydrogen (secondary N) is 1. The molecule has 0 aliphatic carbocycles. The van der Waals surface area contributed by atoms with Crippen molar-refractivity contribution in [2.75, 3.05) is 6.54 Å². The highest BCUT2D eigenvalue weighted by molar-refractivity contribution is 7.10. The van der Waals surface area contributed by atoms with E-state index in [1.807, 2.05) is 11.4 Å². The van der Waals surface area contributed by atoms with Crippen LogP contribution in [0.1, 0.15) is 16.0 Å². The zero-order chi connectivity index (χ0) is 17.5. The number of thiophene rings is 1. The Labute approximate surface area is 142 Å². The average Bonchev–Trinajstić information content (AvgIpc) is 3.02. The van der Waals surface area contributed by atoms with Gasteiger partial charge in [0, 0.05) is 17.8 Å². The Morgan fingerprint density at radius 2 is 2.08 bits per heavy atom. The van der Waals surface area contributed by atoms with E-state index >= 15 is 0 Å². The first-order valence-electron chi connectivity index (χ1n) is 7.40. The maximum absolute atomic E-state index is 13.6. The molecule has 1 aromatic heterocycles. The summed E-state index contributed by atoms with van der Waals surface area (Å²) in [6.45, 7) is 0.265. The van der Waals surface area contributed by atoms with Gasteiger partial charge in [0.1, 0.15) is 11.9 Å². The molecule has 0 radical (unpaired) electrons. The lowest BCUT2D eigenvalue weighted by Crippen LogP contribution is -2.43. The second-order valence-electron chi connectivity index (χ2n) is 5.30. The van der Waals surface area contributed by atoms with Crippen molar-refractivity contribution in [1.82, 2.24) is 5.32 Å². The third kappa shape index (κ3) is 4.95. The summed E-state index contributed by atoms with van der Waals surface area (Å²) >= 11 is 1.50. The van der Waals surface area contributed by atoms with Crippen LogP contribution >= 0.6 is 11.3 Å². The normalized spacial score (nSPS) is 13.3. The van der Waals surface area contributed by atoms with E-state index in [1.54, 1.807) is 18.2 Å². The molecule has 1 aromatic carbocycles. The Bertz CT molecular complexity index is 703. The summed E-state index contributed by atoms with van der Waals surface area (Å²) in [7, 11) is 0. The Morgan fingerprint density at radius 3 is 2.79 bits per heavy atom. The number of hydrogen-bond acceptors (Lipinski definition) is 5. The number of aliphatic hydroxyl groups excluding tert-OH is 2. The van der Waals surface area contributed by atoms with Gasteiger partial charge in [-0.2, -0.15) is 0 Å². The minimum Gasteiger partial charge on any atom is -0.382 e. The highest BCUT2D eigenvalue weighted by Gasteiger charge is 2.23. The van der Waals surface area contributed by atoms with Crippen molar-refractivity contribution in [1.29, 1.82) is 0 Å². The highest BCUT2D eigenvalue weighted by Crippen LogP contribution is 2.19. The molecule has 24 heavy (non-hydrogen) atoms. The van der Waals surface area contributed by atoms with Gasteiger partial charge >= 0.3 is 0 Å². The number of aliphatic hydroxyl groups is 2. The minimum atomic E-state index is -1.76. The molecule has 7 heteroatoms. The summed E-state index contributed by atoms with van der Waals surface area (Å²) in [6, 6.07) is 8.56. The summed E-state index contributed by atoms with van der Waals surface area (Å²) < 4.78 is 13.6. The van der Waals surface area contributed by atoms with Crippen LogP contribution in [-0.4, -0.2) is 41.2 Å². The summed E-state index contributed by atoms with van der Waals surface area (Å²) in [4.78, 5) is 22.8. The summed E-state index contributed by atoms with van der Waals surface area (Å²) in [5.74, 6) is -1.03. The van der Waals surface area contributed by atoms with Crippen molar-refractivity contribution in [3.05, 3.63) is 57.5 Å².